The van der Waals surface area contributed by atoms with Gasteiger partial charge in [0.05, 0.1) is 6.04 Å². The van der Waals surface area contributed by atoms with Gasteiger partial charge in [-0.15, -0.1) is 0 Å². The number of alkyl carbamates (subject to hydrolysis) is 1. The SMILES string of the molecule is CCN(CC)C(=O)[C@@H](N)CCCNC(=O)OCC1c2ccccc2-c2ccccc21. The molecule has 0 aromatic heterocycles. The van der Waals surface area contributed by atoms with Gasteiger partial charge in [-0.1, -0.05) is 48.5 Å². The molecule has 30 heavy (non-hydrogen) atoms. The molecule has 0 heterocycles. The first-order chi connectivity index (χ1) is 14.6. The third-order valence-corrected chi connectivity index (χ3v) is 5.70. The van der Waals surface area contributed by atoms with Crippen molar-refractivity contribution in [3.05, 3.63) is 59.7 Å². The van der Waals surface area contributed by atoms with E-state index in [-0.39, 0.29) is 11.8 Å². The molecule has 160 valence electrons. The topological polar surface area (TPSA) is 84.7 Å². The van der Waals surface area contributed by atoms with Gasteiger partial charge in [0.2, 0.25) is 5.91 Å². The Labute approximate surface area is 178 Å². The second-order valence-corrected chi connectivity index (χ2v) is 7.51. The van der Waals surface area contributed by atoms with Gasteiger partial charge in [0.15, 0.2) is 0 Å². The number of rotatable bonds is 9. The number of ether oxygens (including phenoxy) is 1. The average molecular weight is 410 g/mol. The molecule has 1 aliphatic carbocycles. The summed E-state index contributed by atoms with van der Waals surface area (Å²) in [7, 11) is 0. The van der Waals surface area contributed by atoms with Gasteiger partial charge in [-0.25, -0.2) is 4.79 Å². The van der Waals surface area contributed by atoms with Crippen LogP contribution in [0.2, 0.25) is 0 Å². The van der Waals surface area contributed by atoms with Crippen LogP contribution in [0.1, 0.15) is 43.7 Å². The van der Waals surface area contributed by atoms with Crippen LogP contribution in [0.3, 0.4) is 0 Å². The lowest BCUT2D eigenvalue weighted by Crippen LogP contribution is -2.43. The standard InChI is InChI=1S/C24H31N3O3/c1-3-27(4-2)23(28)22(25)14-9-15-26-24(29)30-16-21-19-12-7-5-10-17(19)18-11-6-8-13-20(18)21/h5-8,10-13,21-22H,3-4,9,14-16,25H2,1-2H3,(H,26,29)/t22-/m0/s1. The predicted octanol–water partition coefficient (Wildman–Crippen LogP) is 3.50. The zero-order chi connectivity index (χ0) is 21.5. The van der Waals surface area contributed by atoms with Crippen molar-refractivity contribution in [1.29, 1.82) is 0 Å². The van der Waals surface area contributed by atoms with Gasteiger partial charge < -0.3 is 20.7 Å². The van der Waals surface area contributed by atoms with Crippen molar-refractivity contribution >= 4 is 12.0 Å². The van der Waals surface area contributed by atoms with Crippen LogP contribution >= 0.6 is 0 Å². The highest BCUT2D eigenvalue weighted by Gasteiger charge is 2.29. The predicted molar refractivity (Wildman–Crippen MR) is 118 cm³/mol. The molecule has 0 saturated heterocycles. The van der Waals surface area contributed by atoms with Crippen LogP contribution in [0.25, 0.3) is 11.1 Å². The summed E-state index contributed by atoms with van der Waals surface area (Å²) in [5.74, 6) is 0.00408. The van der Waals surface area contributed by atoms with Crippen molar-refractivity contribution in [1.82, 2.24) is 10.2 Å². The van der Waals surface area contributed by atoms with Gasteiger partial charge in [0.1, 0.15) is 6.61 Å². The fraction of sp³-hybridized carbons (Fsp3) is 0.417. The zero-order valence-electron chi connectivity index (χ0n) is 17.8. The van der Waals surface area contributed by atoms with E-state index in [1.165, 1.54) is 22.3 Å². The normalized spacial score (nSPS) is 13.3. The molecule has 2 aromatic rings. The van der Waals surface area contributed by atoms with Gasteiger partial charge in [-0.05, 0) is 48.9 Å². The van der Waals surface area contributed by atoms with Crippen molar-refractivity contribution in [2.45, 2.75) is 38.6 Å². The molecule has 0 radical (unpaired) electrons. The fourth-order valence-electron chi connectivity index (χ4n) is 4.06. The van der Waals surface area contributed by atoms with Crippen LogP contribution < -0.4 is 11.1 Å². The number of nitrogens with zero attached hydrogens (tertiary/aromatic N) is 1. The lowest BCUT2D eigenvalue weighted by Gasteiger charge is -2.22. The van der Waals surface area contributed by atoms with Crippen LogP contribution in [-0.4, -0.2) is 49.2 Å². The molecule has 0 unspecified atom stereocenters. The molecular weight excluding hydrogens is 378 g/mol. The van der Waals surface area contributed by atoms with E-state index in [1.54, 1.807) is 4.90 Å². The monoisotopic (exact) mass is 409 g/mol. The van der Waals surface area contributed by atoms with E-state index in [2.05, 4.69) is 29.6 Å². The average Bonchev–Trinajstić information content (AvgIpc) is 3.09. The van der Waals surface area contributed by atoms with Crippen LogP contribution in [0.4, 0.5) is 4.79 Å². The summed E-state index contributed by atoms with van der Waals surface area (Å²) in [6.45, 7) is 5.90. The van der Waals surface area contributed by atoms with Gasteiger partial charge in [0, 0.05) is 25.6 Å². The van der Waals surface area contributed by atoms with E-state index < -0.39 is 12.1 Å². The summed E-state index contributed by atoms with van der Waals surface area (Å²) in [6, 6.07) is 16.0. The maximum atomic E-state index is 12.2. The Bertz CT molecular complexity index is 834. The first kappa shape index (κ1) is 21.8. The van der Waals surface area contributed by atoms with Gasteiger partial charge in [-0.2, -0.15) is 0 Å². The minimum absolute atomic E-state index is 0.0406. The van der Waals surface area contributed by atoms with Crippen molar-refractivity contribution in [2.24, 2.45) is 5.73 Å². The minimum Gasteiger partial charge on any atom is -0.449 e. The maximum absolute atomic E-state index is 12.2. The summed E-state index contributed by atoms with van der Waals surface area (Å²) in [6.07, 6.45) is 0.706. The zero-order valence-corrected chi connectivity index (χ0v) is 17.8. The number of carbonyl (C=O) groups excluding carboxylic acids is 2. The Morgan fingerprint density at radius 2 is 1.60 bits per heavy atom. The molecule has 3 rings (SSSR count). The molecule has 0 aliphatic heterocycles. The lowest BCUT2D eigenvalue weighted by molar-refractivity contribution is -0.132. The van der Waals surface area contributed by atoms with Crippen molar-refractivity contribution in [3.8, 4) is 11.1 Å². The highest BCUT2D eigenvalue weighted by molar-refractivity contribution is 5.81. The number of amides is 2. The molecule has 0 spiro atoms. The summed E-state index contributed by atoms with van der Waals surface area (Å²) in [5, 5.41) is 2.76. The molecule has 6 nitrogen and oxygen atoms in total. The fourth-order valence-corrected chi connectivity index (χ4v) is 4.06. The number of hydrogen-bond acceptors (Lipinski definition) is 4. The van der Waals surface area contributed by atoms with E-state index >= 15 is 0 Å². The number of benzene rings is 2. The van der Waals surface area contributed by atoms with Crippen molar-refractivity contribution < 1.29 is 14.3 Å². The van der Waals surface area contributed by atoms with Gasteiger partial charge in [0.25, 0.3) is 0 Å². The number of fused-ring (bicyclic) bond motifs is 3. The van der Waals surface area contributed by atoms with Gasteiger partial charge in [-0.3, -0.25) is 4.79 Å². The first-order valence-corrected chi connectivity index (χ1v) is 10.7. The van der Waals surface area contributed by atoms with E-state index in [0.717, 1.165) is 0 Å². The first-order valence-electron chi connectivity index (χ1n) is 10.7. The number of nitrogens with two attached hydrogens (primary N) is 1. The molecule has 2 aromatic carbocycles. The second-order valence-electron chi connectivity index (χ2n) is 7.51. The van der Waals surface area contributed by atoms with E-state index in [4.69, 9.17) is 10.5 Å². The van der Waals surface area contributed by atoms with E-state index in [0.29, 0.717) is 39.1 Å². The Kier molecular flexibility index (Phi) is 7.46. The Balaban J connectivity index is 1.45. The Morgan fingerprint density at radius 3 is 2.17 bits per heavy atom. The largest absolute Gasteiger partial charge is 0.449 e. The maximum Gasteiger partial charge on any atom is 0.407 e. The Hall–Kier alpha value is -2.86. The third-order valence-electron chi connectivity index (χ3n) is 5.70. The molecule has 6 heteroatoms. The molecule has 0 fully saturated rings. The van der Waals surface area contributed by atoms with E-state index in [9.17, 15) is 9.59 Å². The van der Waals surface area contributed by atoms with Gasteiger partial charge >= 0.3 is 6.09 Å². The number of likely N-dealkylation sites (N-methyl/N-ethyl adjacent to an activating group) is 1. The number of hydrogen-bond donors (Lipinski definition) is 2. The molecule has 1 aliphatic rings. The quantitative estimate of drug-likeness (QED) is 0.621. The Morgan fingerprint density at radius 1 is 1.03 bits per heavy atom. The van der Waals surface area contributed by atoms with Crippen LogP contribution in [0.15, 0.2) is 48.5 Å². The van der Waals surface area contributed by atoms with Crippen LogP contribution in [0, 0.1) is 0 Å². The molecule has 2 amide bonds. The summed E-state index contributed by atoms with van der Waals surface area (Å²) in [4.78, 5) is 26.1. The smallest absolute Gasteiger partial charge is 0.407 e. The van der Waals surface area contributed by atoms with E-state index in [1.807, 2.05) is 38.1 Å². The summed E-state index contributed by atoms with van der Waals surface area (Å²) >= 11 is 0. The number of carbonyl (C=O) groups is 2. The highest BCUT2D eigenvalue weighted by atomic mass is 16.5. The third kappa shape index (κ3) is 4.82. The van der Waals surface area contributed by atoms with Crippen molar-refractivity contribution in [2.75, 3.05) is 26.2 Å². The molecule has 0 saturated carbocycles. The number of nitrogens with one attached hydrogen (secondary N) is 1. The summed E-state index contributed by atoms with van der Waals surface area (Å²) < 4.78 is 5.51. The molecule has 1 atom stereocenters. The lowest BCUT2D eigenvalue weighted by atomic mass is 9.98. The highest BCUT2D eigenvalue weighted by Crippen LogP contribution is 2.44. The second kappa shape index (κ2) is 10.3. The van der Waals surface area contributed by atoms with Crippen LogP contribution in [0.5, 0.6) is 0 Å². The molecule has 0 bridgehead atoms. The van der Waals surface area contributed by atoms with Crippen molar-refractivity contribution in [3.63, 3.8) is 0 Å². The summed E-state index contributed by atoms with van der Waals surface area (Å²) in [5.41, 5.74) is 10.8. The minimum atomic E-state index is -0.533. The molecular formula is C24H31N3O3. The van der Waals surface area contributed by atoms with Crippen LogP contribution in [-0.2, 0) is 9.53 Å². The molecule has 3 N–H and O–H groups in total.